The lowest BCUT2D eigenvalue weighted by atomic mass is 9.60. The average Bonchev–Trinajstić information content (AvgIpc) is 3.01. The van der Waals surface area contributed by atoms with Gasteiger partial charge in [-0.25, -0.2) is 0 Å². The summed E-state index contributed by atoms with van der Waals surface area (Å²) in [5, 5.41) is 0. The van der Waals surface area contributed by atoms with Gasteiger partial charge in [0.25, 0.3) is 0 Å². The summed E-state index contributed by atoms with van der Waals surface area (Å²) in [7, 11) is 0. The number of ether oxygens (including phenoxy) is 1. The fraction of sp³-hybridized carbons (Fsp3) is 0.773. The minimum atomic E-state index is -0.569. The number of ketones is 2. The van der Waals surface area contributed by atoms with Gasteiger partial charge >= 0.3 is 5.97 Å². The minimum absolute atomic E-state index is 0.0532. The van der Waals surface area contributed by atoms with Gasteiger partial charge in [-0.15, -0.1) is 0 Å². The first-order valence-electron chi connectivity index (χ1n) is 9.96. The Balaban J connectivity index is 1.98. The Hall–Kier alpha value is -1.45. The molecule has 0 aromatic heterocycles. The van der Waals surface area contributed by atoms with Gasteiger partial charge in [0.05, 0.1) is 5.92 Å². The van der Waals surface area contributed by atoms with E-state index in [0.717, 1.165) is 19.3 Å². The molecule has 3 saturated carbocycles. The molecule has 3 fully saturated rings. The van der Waals surface area contributed by atoms with Gasteiger partial charge in [-0.05, 0) is 48.9 Å². The van der Waals surface area contributed by atoms with Gasteiger partial charge < -0.3 is 4.74 Å². The summed E-state index contributed by atoms with van der Waals surface area (Å²) in [6.45, 7) is 12.5. The topological polar surface area (TPSA) is 60.4 Å². The molecule has 0 unspecified atom stereocenters. The number of Topliss-reactive ketones (excluding diaryl/α,β-unsaturated/α-hetero) is 2. The molecule has 3 rings (SSSR count). The van der Waals surface area contributed by atoms with Crippen LogP contribution in [-0.4, -0.2) is 24.1 Å². The number of rotatable bonds is 3. The number of allylic oxidation sites excluding steroid dienone is 1. The summed E-state index contributed by atoms with van der Waals surface area (Å²) in [5.74, 6) is 0.0455. The van der Waals surface area contributed by atoms with Crippen LogP contribution in [0.5, 0.6) is 0 Å². The molecule has 144 valence electrons. The molecule has 4 nitrogen and oxygen atoms in total. The first-order chi connectivity index (χ1) is 12.1. The maximum Gasteiger partial charge on any atom is 0.302 e. The molecular weight excluding hydrogens is 328 g/mol. The lowest BCUT2D eigenvalue weighted by Crippen LogP contribution is -2.43. The van der Waals surface area contributed by atoms with Gasteiger partial charge in [0.15, 0.2) is 0 Å². The van der Waals surface area contributed by atoms with Crippen molar-refractivity contribution < 1.29 is 19.1 Å². The average molecular weight is 360 g/mol. The zero-order valence-corrected chi connectivity index (χ0v) is 16.6. The second-order valence-corrected chi connectivity index (χ2v) is 9.52. The molecule has 26 heavy (non-hydrogen) atoms. The Morgan fingerprint density at radius 2 is 1.88 bits per heavy atom. The molecule has 0 aliphatic heterocycles. The van der Waals surface area contributed by atoms with Crippen molar-refractivity contribution in [2.75, 3.05) is 6.61 Å². The van der Waals surface area contributed by atoms with Gasteiger partial charge in [0.2, 0.25) is 0 Å². The van der Waals surface area contributed by atoms with Gasteiger partial charge in [0.1, 0.15) is 18.2 Å². The molecule has 3 aliphatic carbocycles. The van der Waals surface area contributed by atoms with E-state index in [4.69, 9.17) is 4.74 Å². The van der Waals surface area contributed by atoms with E-state index in [2.05, 4.69) is 27.4 Å². The molecule has 0 spiro atoms. The normalized spacial score (nSPS) is 39.6. The third-order valence-corrected chi connectivity index (χ3v) is 7.65. The van der Waals surface area contributed by atoms with E-state index in [9.17, 15) is 14.4 Å². The molecule has 5 atom stereocenters. The Bertz CT molecular complexity index is 647. The van der Waals surface area contributed by atoms with E-state index in [1.807, 2.05) is 0 Å². The number of carbonyl (C=O) groups excluding carboxylic acids is 3. The van der Waals surface area contributed by atoms with Crippen LogP contribution >= 0.6 is 0 Å². The highest BCUT2D eigenvalue weighted by Crippen LogP contribution is 2.62. The van der Waals surface area contributed by atoms with Gasteiger partial charge in [-0.3, -0.25) is 14.4 Å². The van der Waals surface area contributed by atoms with E-state index < -0.39 is 5.41 Å². The van der Waals surface area contributed by atoms with Crippen molar-refractivity contribution in [3.05, 3.63) is 12.2 Å². The second kappa shape index (κ2) is 6.61. The first kappa shape index (κ1) is 19.3. The fourth-order valence-corrected chi connectivity index (χ4v) is 6.16. The smallest absolute Gasteiger partial charge is 0.302 e. The minimum Gasteiger partial charge on any atom is -0.465 e. The highest BCUT2D eigenvalue weighted by atomic mass is 16.5. The lowest BCUT2D eigenvalue weighted by molar-refractivity contribution is -0.145. The zero-order valence-electron chi connectivity index (χ0n) is 16.6. The summed E-state index contributed by atoms with van der Waals surface area (Å²) < 4.78 is 5.20. The van der Waals surface area contributed by atoms with Crippen LogP contribution < -0.4 is 0 Å². The predicted octanol–water partition coefficient (Wildman–Crippen LogP) is 4.12. The van der Waals surface area contributed by atoms with Crippen LogP contribution in [0.1, 0.15) is 66.2 Å². The summed E-state index contributed by atoms with van der Waals surface area (Å²) in [6, 6.07) is 0. The Morgan fingerprint density at radius 3 is 2.54 bits per heavy atom. The van der Waals surface area contributed by atoms with Crippen molar-refractivity contribution in [3.63, 3.8) is 0 Å². The van der Waals surface area contributed by atoms with Gasteiger partial charge in [-0.1, -0.05) is 32.9 Å². The maximum absolute atomic E-state index is 13.3. The highest BCUT2D eigenvalue weighted by molar-refractivity contribution is 5.91. The third kappa shape index (κ3) is 2.95. The fourth-order valence-electron chi connectivity index (χ4n) is 6.16. The predicted molar refractivity (Wildman–Crippen MR) is 99.3 cm³/mol. The number of carbonyl (C=O) groups is 3. The van der Waals surface area contributed by atoms with E-state index >= 15 is 0 Å². The highest BCUT2D eigenvalue weighted by Gasteiger charge is 2.62. The quantitative estimate of drug-likeness (QED) is 0.561. The van der Waals surface area contributed by atoms with Crippen LogP contribution in [0.2, 0.25) is 0 Å². The van der Waals surface area contributed by atoms with E-state index in [1.165, 1.54) is 12.5 Å². The molecule has 0 saturated heterocycles. The SMILES string of the molecule is C=C1CCCC(C)(C)[C@@H]2CC(=O)[C@@](C)([C@@H]3CCC(=O)[C@@H]3COC(C)=O)[C@H]12. The Kier molecular flexibility index (Phi) is 4.91. The molecule has 4 heteroatoms. The van der Waals surface area contributed by atoms with Gasteiger partial charge in [0, 0.05) is 25.2 Å². The van der Waals surface area contributed by atoms with E-state index in [1.54, 1.807) is 0 Å². The molecular formula is C22H32O4. The van der Waals surface area contributed by atoms with Crippen LogP contribution in [0.15, 0.2) is 12.2 Å². The summed E-state index contributed by atoms with van der Waals surface area (Å²) in [5.41, 5.74) is 0.714. The van der Waals surface area contributed by atoms with Crippen molar-refractivity contribution in [2.45, 2.75) is 66.2 Å². The van der Waals surface area contributed by atoms with Crippen molar-refractivity contribution >= 4 is 17.5 Å². The summed E-state index contributed by atoms with van der Waals surface area (Å²) in [4.78, 5) is 37.1. The van der Waals surface area contributed by atoms with Crippen molar-refractivity contribution in [2.24, 2.45) is 34.5 Å². The lowest BCUT2D eigenvalue weighted by Gasteiger charge is -2.43. The molecule has 0 heterocycles. The van der Waals surface area contributed by atoms with Crippen LogP contribution in [-0.2, 0) is 19.1 Å². The van der Waals surface area contributed by atoms with Crippen LogP contribution in [0.3, 0.4) is 0 Å². The largest absolute Gasteiger partial charge is 0.465 e. The summed E-state index contributed by atoms with van der Waals surface area (Å²) >= 11 is 0. The van der Waals surface area contributed by atoms with E-state index in [-0.39, 0.29) is 47.3 Å². The third-order valence-electron chi connectivity index (χ3n) is 7.65. The monoisotopic (exact) mass is 360 g/mol. The van der Waals surface area contributed by atoms with Crippen LogP contribution in [0.25, 0.3) is 0 Å². The van der Waals surface area contributed by atoms with E-state index in [0.29, 0.717) is 25.2 Å². The van der Waals surface area contributed by atoms with Crippen molar-refractivity contribution in [1.29, 1.82) is 0 Å². The number of fused-ring (bicyclic) bond motifs is 1. The molecule has 0 aromatic carbocycles. The summed E-state index contributed by atoms with van der Waals surface area (Å²) in [6.07, 6.45) is 4.96. The molecule has 3 aliphatic rings. The Labute approximate surface area is 156 Å². The van der Waals surface area contributed by atoms with Gasteiger partial charge in [-0.2, -0.15) is 0 Å². The van der Waals surface area contributed by atoms with Crippen molar-refractivity contribution in [3.8, 4) is 0 Å². The van der Waals surface area contributed by atoms with Crippen LogP contribution in [0.4, 0.5) is 0 Å². The first-order valence-corrected chi connectivity index (χ1v) is 9.96. The Morgan fingerprint density at radius 1 is 1.19 bits per heavy atom. The number of hydrogen-bond donors (Lipinski definition) is 0. The molecule has 0 amide bonds. The second-order valence-electron chi connectivity index (χ2n) is 9.52. The molecule has 0 aromatic rings. The molecule has 0 radical (unpaired) electrons. The van der Waals surface area contributed by atoms with Crippen molar-refractivity contribution in [1.82, 2.24) is 0 Å². The standard InChI is InChI=1S/C22H32O4/c1-13-7-6-10-21(3,4)17-11-19(25)22(5,20(13)17)16-8-9-18(24)15(16)12-26-14(2)23/h15-17,20H,1,6-12H2,2-5H3/t15-,16-,17-,20-,22-/m1/s1. The van der Waals surface area contributed by atoms with Crippen LogP contribution in [0, 0.1) is 34.5 Å². The molecule has 0 bridgehead atoms. The molecule has 0 N–H and O–H groups in total. The number of esters is 1. The number of hydrogen-bond acceptors (Lipinski definition) is 4. The zero-order chi connectivity index (χ0) is 19.3. The maximum atomic E-state index is 13.3.